The van der Waals surface area contributed by atoms with Crippen molar-refractivity contribution in [1.82, 2.24) is 10.6 Å². The first-order chi connectivity index (χ1) is 8.22. The highest BCUT2D eigenvalue weighted by Gasteiger charge is 2.20. The number of methoxy groups -OCH3 is 1. The van der Waals surface area contributed by atoms with Crippen LogP contribution in [0.1, 0.15) is 16.8 Å². The molecule has 1 aromatic rings. The average Bonchev–Trinajstić information content (AvgIpc) is 2.82. The number of carbonyl (C=O) groups excluding carboxylic acids is 1. The van der Waals surface area contributed by atoms with Gasteiger partial charge in [0.05, 0.1) is 12.7 Å². The van der Waals surface area contributed by atoms with Crippen LogP contribution in [0.2, 0.25) is 0 Å². The first-order valence-electron chi connectivity index (χ1n) is 5.60. The molecule has 3 N–H and O–H groups in total. The van der Waals surface area contributed by atoms with Crippen molar-refractivity contribution in [3.63, 3.8) is 0 Å². The van der Waals surface area contributed by atoms with Crippen LogP contribution in [0.4, 0.5) is 0 Å². The smallest absolute Gasteiger partial charge is 0.255 e. The van der Waals surface area contributed by atoms with E-state index in [0.29, 0.717) is 5.75 Å². The Kier molecular flexibility index (Phi) is 3.49. The molecule has 1 aromatic carbocycles. The first kappa shape index (κ1) is 11.7. The van der Waals surface area contributed by atoms with Gasteiger partial charge in [-0.3, -0.25) is 4.79 Å². The number of hydrogen-bond donors (Lipinski definition) is 3. The van der Waals surface area contributed by atoms with E-state index in [1.54, 1.807) is 18.2 Å². The largest absolute Gasteiger partial charge is 0.504 e. The van der Waals surface area contributed by atoms with Gasteiger partial charge >= 0.3 is 0 Å². The number of aromatic hydroxyl groups is 1. The van der Waals surface area contributed by atoms with Crippen molar-refractivity contribution >= 4 is 5.91 Å². The molecule has 0 unspecified atom stereocenters. The molecule has 1 heterocycles. The molecule has 1 saturated heterocycles. The van der Waals surface area contributed by atoms with Gasteiger partial charge in [0.2, 0.25) is 0 Å². The van der Waals surface area contributed by atoms with E-state index in [1.807, 2.05) is 0 Å². The lowest BCUT2D eigenvalue weighted by Gasteiger charge is -2.13. The third-order valence-electron chi connectivity index (χ3n) is 2.86. The molecule has 92 valence electrons. The van der Waals surface area contributed by atoms with E-state index in [4.69, 9.17) is 4.74 Å². The summed E-state index contributed by atoms with van der Waals surface area (Å²) in [4.78, 5) is 11.9. The van der Waals surface area contributed by atoms with Gasteiger partial charge in [0, 0.05) is 12.6 Å². The van der Waals surface area contributed by atoms with E-state index in [-0.39, 0.29) is 23.3 Å². The summed E-state index contributed by atoms with van der Waals surface area (Å²) in [6.45, 7) is 1.69. The number of carbonyl (C=O) groups is 1. The van der Waals surface area contributed by atoms with Gasteiger partial charge in [-0.15, -0.1) is 0 Å². The van der Waals surface area contributed by atoms with Crippen LogP contribution in [0.3, 0.4) is 0 Å². The van der Waals surface area contributed by atoms with Crippen LogP contribution in [0.15, 0.2) is 18.2 Å². The third kappa shape index (κ3) is 2.50. The molecule has 0 bridgehead atoms. The molecule has 0 spiro atoms. The van der Waals surface area contributed by atoms with Crippen LogP contribution < -0.4 is 15.4 Å². The number of para-hydroxylation sites is 1. The van der Waals surface area contributed by atoms with E-state index in [2.05, 4.69) is 10.6 Å². The zero-order valence-corrected chi connectivity index (χ0v) is 9.69. The maximum Gasteiger partial charge on any atom is 0.255 e. The quantitative estimate of drug-likeness (QED) is 0.714. The van der Waals surface area contributed by atoms with Crippen molar-refractivity contribution in [2.24, 2.45) is 0 Å². The fourth-order valence-electron chi connectivity index (χ4n) is 1.91. The molecule has 2 rings (SSSR count). The number of rotatable bonds is 3. The summed E-state index contributed by atoms with van der Waals surface area (Å²) in [6.07, 6.45) is 0.913. The van der Waals surface area contributed by atoms with Gasteiger partial charge in [-0.05, 0) is 25.1 Å². The maximum absolute atomic E-state index is 11.9. The van der Waals surface area contributed by atoms with Gasteiger partial charge in [0.25, 0.3) is 5.91 Å². The second-order valence-electron chi connectivity index (χ2n) is 4.02. The number of phenols is 1. The lowest BCUT2D eigenvalue weighted by atomic mass is 10.1. The Morgan fingerprint density at radius 2 is 2.41 bits per heavy atom. The molecule has 17 heavy (non-hydrogen) atoms. The Hall–Kier alpha value is -1.75. The van der Waals surface area contributed by atoms with Crippen LogP contribution in [0.25, 0.3) is 0 Å². The number of nitrogens with one attached hydrogen (secondary N) is 2. The summed E-state index contributed by atoms with van der Waals surface area (Å²) in [5.41, 5.74) is 0.247. The average molecular weight is 236 g/mol. The molecule has 1 aliphatic rings. The number of amides is 1. The normalized spacial score (nSPS) is 19.0. The van der Waals surface area contributed by atoms with E-state index < -0.39 is 0 Å². The van der Waals surface area contributed by atoms with Gasteiger partial charge in [-0.2, -0.15) is 0 Å². The number of phenolic OH excluding ortho intramolecular Hbond substituents is 1. The van der Waals surface area contributed by atoms with Crippen molar-refractivity contribution in [3.8, 4) is 11.5 Å². The highest BCUT2D eigenvalue weighted by atomic mass is 16.5. The molecule has 0 aliphatic carbocycles. The minimum Gasteiger partial charge on any atom is -0.504 e. The zero-order valence-electron chi connectivity index (χ0n) is 9.69. The Morgan fingerprint density at radius 3 is 3.06 bits per heavy atom. The van der Waals surface area contributed by atoms with Crippen molar-refractivity contribution in [2.45, 2.75) is 12.5 Å². The van der Waals surface area contributed by atoms with Crippen LogP contribution >= 0.6 is 0 Å². The molecule has 0 radical (unpaired) electrons. The van der Waals surface area contributed by atoms with E-state index in [1.165, 1.54) is 7.11 Å². The SMILES string of the molecule is COc1cccc(C(=O)N[C@@H]2CCNC2)c1O. The molecule has 1 amide bonds. The van der Waals surface area contributed by atoms with E-state index >= 15 is 0 Å². The summed E-state index contributed by atoms with van der Waals surface area (Å²) >= 11 is 0. The molecule has 0 saturated carbocycles. The van der Waals surface area contributed by atoms with Crippen molar-refractivity contribution in [2.75, 3.05) is 20.2 Å². The predicted molar refractivity (Wildman–Crippen MR) is 63.4 cm³/mol. The van der Waals surface area contributed by atoms with Gasteiger partial charge in [0.1, 0.15) is 0 Å². The van der Waals surface area contributed by atoms with Crippen LogP contribution in [-0.4, -0.2) is 37.3 Å². The van der Waals surface area contributed by atoms with Gasteiger partial charge in [0.15, 0.2) is 11.5 Å². The number of ether oxygens (including phenoxy) is 1. The third-order valence-corrected chi connectivity index (χ3v) is 2.86. The molecule has 5 nitrogen and oxygen atoms in total. The molecule has 1 aliphatic heterocycles. The maximum atomic E-state index is 11.9. The zero-order chi connectivity index (χ0) is 12.3. The minimum atomic E-state index is -0.268. The summed E-state index contributed by atoms with van der Waals surface area (Å²) in [6, 6.07) is 5.01. The Balaban J connectivity index is 2.12. The molecule has 1 atom stereocenters. The lowest BCUT2D eigenvalue weighted by molar-refractivity contribution is 0.0937. The first-order valence-corrected chi connectivity index (χ1v) is 5.60. The van der Waals surface area contributed by atoms with Gasteiger partial charge in [-0.25, -0.2) is 0 Å². The van der Waals surface area contributed by atoms with Crippen LogP contribution in [-0.2, 0) is 0 Å². The van der Waals surface area contributed by atoms with Crippen molar-refractivity contribution < 1.29 is 14.6 Å². The Bertz CT molecular complexity index is 414. The molecule has 1 fully saturated rings. The van der Waals surface area contributed by atoms with Crippen molar-refractivity contribution in [1.29, 1.82) is 0 Å². The van der Waals surface area contributed by atoms with E-state index in [0.717, 1.165) is 19.5 Å². The van der Waals surface area contributed by atoms with Gasteiger partial charge in [-0.1, -0.05) is 6.07 Å². The fraction of sp³-hybridized carbons (Fsp3) is 0.417. The Morgan fingerprint density at radius 1 is 1.59 bits per heavy atom. The minimum absolute atomic E-state index is 0.113. The lowest BCUT2D eigenvalue weighted by Crippen LogP contribution is -2.36. The predicted octanol–water partition coefficient (Wildman–Crippen LogP) is 0.492. The molecule has 0 aromatic heterocycles. The topological polar surface area (TPSA) is 70.6 Å². The summed E-state index contributed by atoms with van der Waals surface area (Å²) in [5, 5.41) is 15.9. The standard InChI is InChI=1S/C12H16N2O3/c1-17-10-4-2-3-9(11(10)15)12(16)14-8-5-6-13-7-8/h2-4,8,13,15H,5-7H2,1H3,(H,14,16)/t8-/m1/s1. The highest BCUT2D eigenvalue weighted by Crippen LogP contribution is 2.29. The molecular weight excluding hydrogens is 220 g/mol. The van der Waals surface area contributed by atoms with Crippen LogP contribution in [0, 0.1) is 0 Å². The summed E-state index contributed by atoms with van der Waals surface area (Å²) in [7, 11) is 1.46. The highest BCUT2D eigenvalue weighted by molar-refractivity contribution is 5.97. The van der Waals surface area contributed by atoms with Crippen molar-refractivity contribution in [3.05, 3.63) is 23.8 Å². The Labute approximate surface area is 99.8 Å². The second-order valence-corrected chi connectivity index (χ2v) is 4.02. The number of benzene rings is 1. The fourth-order valence-corrected chi connectivity index (χ4v) is 1.91. The molecular formula is C12H16N2O3. The number of hydrogen-bond acceptors (Lipinski definition) is 4. The summed E-state index contributed by atoms with van der Waals surface area (Å²) < 4.78 is 4.96. The summed E-state index contributed by atoms with van der Waals surface area (Å²) in [5.74, 6) is -0.0734. The van der Waals surface area contributed by atoms with Gasteiger partial charge < -0.3 is 20.5 Å². The monoisotopic (exact) mass is 236 g/mol. The molecule has 5 heteroatoms. The van der Waals surface area contributed by atoms with E-state index in [9.17, 15) is 9.90 Å². The van der Waals surface area contributed by atoms with Crippen LogP contribution in [0.5, 0.6) is 11.5 Å². The second kappa shape index (κ2) is 5.05.